The molecule has 3 rings (SSSR count). The summed E-state index contributed by atoms with van der Waals surface area (Å²) in [5, 5.41) is 0. The first kappa shape index (κ1) is 18.0. The van der Waals surface area contributed by atoms with E-state index in [1.165, 1.54) is 5.56 Å². The van der Waals surface area contributed by atoms with E-state index < -0.39 is 5.79 Å². The summed E-state index contributed by atoms with van der Waals surface area (Å²) < 4.78 is 17.7. The van der Waals surface area contributed by atoms with Gasteiger partial charge in [-0.15, -0.1) is 0 Å². The van der Waals surface area contributed by atoms with Gasteiger partial charge in [0.1, 0.15) is 11.3 Å². The van der Waals surface area contributed by atoms with Crippen molar-refractivity contribution < 1.29 is 19.0 Å². The molecule has 0 unspecified atom stereocenters. The summed E-state index contributed by atoms with van der Waals surface area (Å²) >= 11 is 0. The van der Waals surface area contributed by atoms with E-state index in [2.05, 4.69) is 26.0 Å². The minimum atomic E-state index is -0.903. The van der Waals surface area contributed by atoms with E-state index in [1.54, 1.807) is 13.8 Å². The molecule has 25 heavy (non-hydrogen) atoms. The first-order valence-electron chi connectivity index (χ1n) is 9.19. The topological polar surface area (TPSA) is 44.8 Å². The first-order chi connectivity index (χ1) is 11.8. The molecule has 0 spiro atoms. The van der Waals surface area contributed by atoms with Gasteiger partial charge in [-0.1, -0.05) is 44.2 Å². The van der Waals surface area contributed by atoms with Gasteiger partial charge in [0.15, 0.2) is 0 Å². The van der Waals surface area contributed by atoms with Gasteiger partial charge < -0.3 is 14.2 Å². The molecule has 2 aliphatic heterocycles. The van der Waals surface area contributed by atoms with Gasteiger partial charge in [0.25, 0.3) is 0 Å². The zero-order valence-corrected chi connectivity index (χ0v) is 15.6. The molecule has 2 atom stereocenters. The van der Waals surface area contributed by atoms with Crippen LogP contribution in [0.1, 0.15) is 52.5 Å². The normalized spacial score (nSPS) is 25.4. The molecule has 4 nitrogen and oxygen atoms in total. The molecule has 136 valence electrons. The number of rotatable bonds is 5. The Morgan fingerprint density at radius 2 is 1.88 bits per heavy atom. The van der Waals surface area contributed by atoms with Crippen LogP contribution in [0.15, 0.2) is 41.7 Å². The molecule has 0 aromatic heterocycles. The zero-order chi connectivity index (χ0) is 18.0. The molecule has 0 N–H and O–H groups in total. The van der Waals surface area contributed by atoms with E-state index in [9.17, 15) is 4.79 Å². The van der Waals surface area contributed by atoms with Gasteiger partial charge in [0.05, 0.1) is 12.2 Å². The molecule has 4 heteroatoms. The summed E-state index contributed by atoms with van der Waals surface area (Å²) in [5.41, 5.74) is 1.82. The number of carbonyl (C=O) groups is 1. The lowest BCUT2D eigenvalue weighted by Crippen LogP contribution is -2.45. The second-order valence-electron chi connectivity index (χ2n) is 7.83. The maximum Gasteiger partial charge on any atom is 0.343 e. The van der Waals surface area contributed by atoms with Crippen molar-refractivity contribution in [2.45, 2.75) is 71.4 Å². The molecule has 1 aromatic carbocycles. The molecule has 0 bridgehead atoms. The lowest BCUT2D eigenvalue weighted by atomic mass is 9.92. The number of ether oxygens (including phenoxy) is 3. The predicted molar refractivity (Wildman–Crippen MR) is 95.8 cm³/mol. The smallest absolute Gasteiger partial charge is 0.343 e. The third-order valence-corrected chi connectivity index (χ3v) is 4.59. The Bertz CT molecular complexity index is 645. The van der Waals surface area contributed by atoms with Crippen molar-refractivity contribution in [2.24, 2.45) is 5.92 Å². The van der Waals surface area contributed by atoms with Crippen LogP contribution in [-0.2, 0) is 25.4 Å². The number of hydrogen-bond acceptors (Lipinski definition) is 4. The lowest BCUT2D eigenvalue weighted by molar-refractivity contribution is -0.217. The third-order valence-electron chi connectivity index (χ3n) is 4.59. The highest BCUT2D eigenvalue weighted by molar-refractivity contribution is 5.91. The largest absolute Gasteiger partial charge is 0.456 e. The second kappa shape index (κ2) is 7.20. The highest BCUT2D eigenvalue weighted by Gasteiger charge is 2.43. The highest BCUT2D eigenvalue weighted by atomic mass is 16.7. The van der Waals surface area contributed by atoms with Crippen LogP contribution < -0.4 is 0 Å². The van der Waals surface area contributed by atoms with Crippen molar-refractivity contribution in [1.29, 1.82) is 0 Å². The highest BCUT2D eigenvalue weighted by Crippen LogP contribution is 2.38. The summed E-state index contributed by atoms with van der Waals surface area (Å²) in [5.74, 6) is 0.0913. The second-order valence-corrected chi connectivity index (χ2v) is 7.83. The zero-order valence-electron chi connectivity index (χ0n) is 15.6. The molecule has 0 saturated heterocycles. The third kappa shape index (κ3) is 4.43. The Kier molecular flexibility index (Phi) is 5.19. The van der Waals surface area contributed by atoms with Crippen molar-refractivity contribution in [3.63, 3.8) is 0 Å². The van der Waals surface area contributed by atoms with Crippen LogP contribution in [0, 0.1) is 5.92 Å². The standard InChI is InChI=1S/C21H28O4/c1-14(2)12-16-13-18-19(20(22)25-21(3,4)24-18)17(23-16)11-10-15-8-6-5-7-9-15/h5-9,14,16-17H,10-13H2,1-4H3/t16-,17+/m1/s1. The van der Waals surface area contributed by atoms with Gasteiger partial charge in [0.2, 0.25) is 5.79 Å². The number of esters is 1. The maximum atomic E-state index is 12.6. The van der Waals surface area contributed by atoms with Crippen LogP contribution >= 0.6 is 0 Å². The minimum absolute atomic E-state index is 0.0845. The van der Waals surface area contributed by atoms with Crippen LogP contribution in [0.25, 0.3) is 0 Å². The fraction of sp³-hybridized carbons (Fsp3) is 0.571. The van der Waals surface area contributed by atoms with E-state index >= 15 is 0 Å². The van der Waals surface area contributed by atoms with E-state index in [4.69, 9.17) is 14.2 Å². The average Bonchev–Trinajstić information content (AvgIpc) is 2.51. The molecule has 2 aliphatic rings. The van der Waals surface area contributed by atoms with Crippen LogP contribution in [-0.4, -0.2) is 24.0 Å². The average molecular weight is 344 g/mol. The van der Waals surface area contributed by atoms with Gasteiger partial charge in [-0.3, -0.25) is 0 Å². The molecule has 0 fully saturated rings. The number of hydrogen-bond donors (Lipinski definition) is 0. The Hall–Kier alpha value is -1.81. The first-order valence-corrected chi connectivity index (χ1v) is 9.19. The van der Waals surface area contributed by atoms with Crippen molar-refractivity contribution >= 4 is 5.97 Å². The molecule has 2 heterocycles. The Morgan fingerprint density at radius 3 is 2.56 bits per heavy atom. The van der Waals surface area contributed by atoms with E-state index in [0.29, 0.717) is 17.9 Å². The fourth-order valence-corrected chi connectivity index (χ4v) is 3.60. The molecule has 0 radical (unpaired) electrons. The van der Waals surface area contributed by atoms with Crippen LogP contribution in [0.3, 0.4) is 0 Å². The van der Waals surface area contributed by atoms with Crippen molar-refractivity contribution in [3.8, 4) is 0 Å². The monoisotopic (exact) mass is 344 g/mol. The molecule has 0 aliphatic carbocycles. The number of aryl methyl sites for hydroxylation is 1. The molecular formula is C21H28O4. The SMILES string of the molecule is CC(C)C[C@@H]1CC2=C(C(=O)OC(C)(C)O2)[C@H](CCc2ccccc2)O1. The van der Waals surface area contributed by atoms with Crippen molar-refractivity contribution in [2.75, 3.05) is 0 Å². The Morgan fingerprint density at radius 1 is 1.16 bits per heavy atom. The van der Waals surface area contributed by atoms with Gasteiger partial charge in [0, 0.05) is 20.3 Å². The Labute approximate surface area is 150 Å². The molecule has 0 saturated carbocycles. The Balaban J connectivity index is 1.81. The number of carbonyl (C=O) groups excluding carboxylic acids is 1. The molecule has 0 amide bonds. The van der Waals surface area contributed by atoms with Crippen LogP contribution in [0.5, 0.6) is 0 Å². The molecule has 1 aromatic rings. The van der Waals surface area contributed by atoms with E-state index in [1.807, 2.05) is 18.2 Å². The lowest BCUT2D eigenvalue weighted by Gasteiger charge is -2.41. The molecular weight excluding hydrogens is 316 g/mol. The number of cyclic esters (lactones) is 1. The summed E-state index contributed by atoms with van der Waals surface area (Å²) in [6, 6.07) is 10.3. The predicted octanol–water partition coefficient (Wildman–Crippen LogP) is 4.39. The van der Waals surface area contributed by atoms with Gasteiger partial charge >= 0.3 is 5.97 Å². The van der Waals surface area contributed by atoms with Crippen molar-refractivity contribution in [1.82, 2.24) is 0 Å². The quantitative estimate of drug-likeness (QED) is 0.743. The van der Waals surface area contributed by atoms with E-state index in [-0.39, 0.29) is 18.2 Å². The van der Waals surface area contributed by atoms with Gasteiger partial charge in [-0.05, 0) is 30.7 Å². The van der Waals surface area contributed by atoms with Crippen LogP contribution in [0.2, 0.25) is 0 Å². The minimum Gasteiger partial charge on any atom is -0.456 e. The fourth-order valence-electron chi connectivity index (χ4n) is 3.60. The maximum absolute atomic E-state index is 12.6. The summed E-state index contributed by atoms with van der Waals surface area (Å²) in [6.07, 6.45) is 3.02. The number of benzene rings is 1. The summed E-state index contributed by atoms with van der Waals surface area (Å²) in [4.78, 5) is 12.6. The van der Waals surface area contributed by atoms with Gasteiger partial charge in [-0.2, -0.15) is 0 Å². The summed E-state index contributed by atoms with van der Waals surface area (Å²) in [6.45, 7) is 7.93. The van der Waals surface area contributed by atoms with E-state index in [0.717, 1.165) is 25.0 Å². The van der Waals surface area contributed by atoms with Crippen molar-refractivity contribution in [3.05, 3.63) is 47.2 Å². The summed E-state index contributed by atoms with van der Waals surface area (Å²) in [7, 11) is 0. The van der Waals surface area contributed by atoms with Crippen LogP contribution in [0.4, 0.5) is 0 Å². The van der Waals surface area contributed by atoms with Gasteiger partial charge in [-0.25, -0.2) is 4.79 Å².